The molecule has 41 heavy (non-hydrogen) atoms. The summed E-state index contributed by atoms with van der Waals surface area (Å²) in [5, 5.41) is 59.7. The van der Waals surface area contributed by atoms with Gasteiger partial charge in [-0.05, 0) is 43.2 Å². The lowest BCUT2D eigenvalue weighted by Gasteiger charge is -2.46. The Hall–Kier alpha value is -3.58. The highest BCUT2D eigenvalue weighted by Crippen LogP contribution is 2.37. The second-order valence-corrected chi connectivity index (χ2v) is 10.3. The first-order valence-corrected chi connectivity index (χ1v) is 12.8. The lowest BCUT2D eigenvalue weighted by atomic mass is 9.85. The lowest BCUT2D eigenvalue weighted by Crippen LogP contribution is -2.63. The van der Waals surface area contributed by atoms with Crippen molar-refractivity contribution in [2.75, 3.05) is 11.5 Å². The third-order valence-electron chi connectivity index (χ3n) is 7.29. The minimum Gasteiger partial charge on any atom is -0.394 e. The van der Waals surface area contributed by atoms with Crippen molar-refractivity contribution in [2.45, 2.75) is 55.4 Å². The number of rotatable bonds is 6. The number of ether oxygens (including phenoxy) is 1. The third kappa shape index (κ3) is 5.28. The van der Waals surface area contributed by atoms with Crippen LogP contribution in [-0.2, 0) is 9.53 Å². The first-order valence-electron chi connectivity index (χ1n) is 12.4. The van der Waals surface area contributed by atoms with Gasteiger partial charge in [-0.2, -0.15) is 5.26 Å². The maximum Gasteiger partial charge on any atom is 0.259 e. The van der Waals surface area contributed by atoms with E-state index in [9.17, 15) is 43.7 Å². The monoisotopic (exact) mass is 593 g/mol. The van der Waals surface area contributed by atoms with Gasteiger partial charge in [-0.1, -0.05) is 16.8 Å². The summed E-state index contributed by atoms with van der Waals surface area (Å²) in [5.41, 5.74) is -0.0338. The molecule has 3 aromatic rings. The van der Waals surface area contributed by atoms with Gasteiger partial charge in [0.1, 0.15) is 30.0 Å². The van der Waals surface area contributed by atoms with Gasteiger partial charge in [-0.15, -0.1) is 5.10 Å². The Kier molecular flexibility index (Phi) is 8.02. The molecule has 2 aromatic carbocycles. The zero-order valence-corrected chi connectivity index (χ0v) is 21.7. The molecular formula is C26H23ClF3N5O6. The molecule has 0 radical (unpaired) electrons. The molecule has 15 heteroatoms. The van der Waals surface area contributed by atoms with Crippen LogP contribution in [0.4, 0.5) is 18.9 Å². The number of hydrogen-bond acceptors (Lipinski definition) is 9. The average Bonchev–Trinajstić information content (AvgIpc) is 3.42. The van der Waals surface area contributed by atoms with Crippen molar-refractivity contribution in [3.05, 3.63) is 64.6 Å². The summed E-state index contributed by atoms with van der Waals surface area (Å²) in [5.74, 6) is -5.46. The van der Waals surface area contributed by atoms with E-state index in [4.69, 9.17) is 16.3 Å². The third-order valence-corrected chi connectivity index (χ3v) is 7.51. The van der Waals surface area contributed by atoms with E-state index in [1.165, 1.54) is 18.2 Å². The van der Waals surface area contributed by atoms with Crippen LogP contribution < -0.4 is 4.90 Å². The predicted molar refractivity (Wildman–Crippen MR) is 135 cm³/mol. The number of aliphatic hydroxyl groups is 4. The van der Waals surface area contributed by atoms with Gasteiger partial charge in [0.05, 0.1) is 36.6 Å². The van der Waals surface area contributed by atoms with Crippen molar-refractivity contribution in [2.24, 2.45) is 0 Å². The van der Waals surface area contributed by atoms with Crippen LogP contribution in [-0.4, -0.2) is 84.5 Å². The molecule has 1 amide bonds. The number of amides is 1. The maximum absolute atomic E-state index is 14.0. The van der Waals surface area contributed by atoms with Crippen molar-refractivity contribution in [1.29, 1.82) is 5.26 Å². The van der Waals surface area contributed by atoms with Crippen molar-refractivity contribution in [3.8, 4) is 17.3 Å². The fourth-order valence-corrected chi connectivity index (χ4v) is 5.27. The van der Waals surface area contributed by atoms with Gasteiger partial charge < -0.3 is 30.1 Å². The second kappa shape index (κ2) is 11.4. The Morgan fingerprint density at radius 2 is 1.83 bits per heavy atom. The fourth-order valence-electron chi connectivity index (χ4n) is 5.04. The van der Waals surface area contributed by atoms with E-state index in [1.807, 2.05) is 6.07 Å². The number of hydrogen-bond donors (Lipinski definition) is 4. The molecule has 5 rings (SSSR count). The SMILES string of the molecule is N#Cc1cc(Cl)cc(N(C(=O)C2OC(CO)C(O)C(n3cc(-c4cc(F)c(F)c(F)c4)nn3)C2O)[C@H]2CC[C@@H]2O)c1. The van der Waals surface area contributed by atoms with Gasteiger partial charge in [0.25, 0.3) is 5.91 Å². The smallest absolute Gasteiger partial charge is 0.259 e. The number of benzene rings is 2. The molecule has 1 aliphatic carbocycles. The van der Waals surface area contributed by atoms with Crippen molar-refractivity contribution in [3.63, 3.8) is 0 Å². The number of nitriles is 1. The zero-order chi connectivity index (χ0) is 29.6. The Morgan fingerprint density at radius 3 is 2.41 bits per heavy atom. The summed E-state index contributed by atoms with van der Waals surface area (Å²) < 4.78 is 47.6. The van der Waals surface area contributed by atoms with Gasteiger partial charge in [-0.3, -0.25) is 4.79 Å². The predicted octanol–water partition coefficient (Wildman–Crippen LogP) is 1.47. The molecule has 216 valence electrons. The molecule has 2 fully saturated rings. The summed E-state index contributed by atoms with van der Waals surface area (Å²) in [6.07, 6.45) is -5.58. The van der Waals surface area contributed by atoms with Crippen LogP contribution in [0.5, 0.6) is 0 Å². The topological polar surface area (TPSA) is 165 Å². The zero-order valence-electron chi connectivity index (χ0n) is 21.0. The number of carbonyl (C=O) groups is 1. The molecule has 4 N–H and O–H groups in total. The number of halogens is 4. The fraction of sp³-hybridized carbons (Fsp3) is 0.385. The van der Waals surface area contributed by atoms with E-state index in [0.29, 0.717) is 25.0 Å². The quantitative estimate of drug-likeness (QED) is 0.310. The van der Waals surface area contributed by atoms with Gasteiger partial charge in [-0.25, -0.2) is 17.9 Å². The Morgan fingerprint density at radius 1 is 1.12 bits per heavy atom. The second-order valence-electron chi connectivity index (χ2n) is 9.82. The molecule has 2 aliphatic rings. The maximum atomic E-state index is 14.0. The molecule has 1 saturated heterocycles. The molecule has 1 saturated carbocycles. The van der Waals surface area contributed by atoms with Crippen LogP contribution in [0.25, 0.3) is 11.3 Å². The van der Waals surface area contributed by atoms with Crippen molar-refractivity contribution >= 4 is 23.2 Å². The van der Waals surface area contributed by atoms with Crippen molar-refractivity contribution < 1.29 is 43.1 Å². The van der Waals surface area contributed by atoms with Crippen LogP contribution in [0.3, 0.4) is 0 Å². The standard InChI is InChI=1S/C26H23ClF3N5O6/c27-13-3-11(8-31)4-14(7-13)35(18-1-2-19(18)37)26(40)25-24(39)22(23(38)20(10-36)41-25)34-9-17(32-33-34)12-5-15(28)21(30)16(29)6-12/h3-7,9,18-20,22-25,36-39H,1-2,10H2/t18-,19-,20?,22?,23?,24?,25?/m0/s1. The highest BCUT2D eigenvalue weighted by atomic mass is 35.5. The molecule has 7 atom stereocenters. The van der Waals surface area contributed by atoms with E-state index < -0.39 is 72.6 Å². The molecule has 5 unspecified atom stereocenters. The molecule has 1 aliphatic heterocycles. The normalized spacial score (nSPS) is 27.6. The molecule has 2 heterocycles. The molecule has 11 nitrogen and oxygen atoms in total. The lowest BCUT2D eigenvalue weighted by molar-refractivity contribution is -0.205. The highest BCUT2D eigenvalue weighted by Gasteiger charge is 2.51. The van der Waals surface area contributed by atoms with Crippen LogP contribution in [0, 0.1) is 28.8 Å². The highest BCUT2D eigenvalue weighted by molar-refractivity contribution is 6.31. The summed E-state index contributed by atoms with van der Waals surface area (Å²) in [6.45, 7) is -0.772. The Balaban J connectivity index is 1.51. The van der Waals surface area contributed by atoms with E-state index in [-0.39, 0.29) is 27.5 Å². The summed E-state index contributed by atoms with van der Waals surface area (Å²) in [6, 6.07) is 5.28. The van der Waals surface area contributed by atoms with E-state index in [1.54, 1.807) is 0 Å². The molecule has 1 aromatic heterocycles. The number of aromatic nitrogens is 3. The van der Waals surface area contributed by atoms with Gasteiger partial charge in [0.2, 0.25) is 0 Å². The number of anilines is 1. The number of aliphatic hydroxyl groups excluding tert-OH is 4. The summed E-state index contributed by atoms with van der Waals surface area (Å²) in [7, 11) is 0. The minimum absolute atomic E-state index is 0.134. The number of carbonyl (C=O) groups excluding carboxylic acids is 1. The Bertz CT molecular complexity index is 1500. The summed E-state index contributed by atoms with van der Waals surface area (Å²) in [4.78, 5) is 15.1. The van der Waals surface area contributed by atoms with Gasteiger partial charge in [0, 0.05) is 16.3 Å². The first kappa shape index (κ1) is 28.9. The largest absolute Gasteiger partial charge is 0.394 e. The van der Waals surface area contributed by atoms with E-state index >= 15 is 0 Å². The van der Waals surface area contributed by atoms with Crippen LogP contribution in [0.15, 0.2) is 36.5 Å². The van der Waals surface area contributed by atoms with Crippen molar-refractivity contribution in [1.82, 2.24) is 15.0 Å². The van der Waals surface area contributed by atoms with Crippen LogP contribution in [0.2, 0.25) is 5.02 Å². The van der Waals surface area contributed by atoms with Gasteiger partial charge in [0.15, 0.2) is 23.6 Å². The van der Waals surface area contributed by atoms with E-state index in [0.717, 1.165) is 15.8 Å². The first-order chi connectivity index (χ1) is 19.5. The van der Waals surface area contributed by atoms with Gasteiger partial charge >= 0.3 is 0 Å². The van der Waals surface area contributed by atoms with Crippen LogP contribution >= 0.6 is 11.6 Å². The van der Waals surface area contributed by atoms with E-state index in [2.05, 4.69) is 10.3 Å². The molecular weight excluding hydrogens is 571 g/mol. The molecule has 0 spiro atoms. The molecule has 0 bridgehead atoms. The van der Waals surface area contributed by atoms with Crippen LogP contribution in [0.1, 0.15) is 24.4 Å². The minimum atomic E-state index is -1.81. The number of nitrogens with zero attached hydrogens (tertiary/aromatic N) is 5. The Labute approximate surface area is 235 Å². The average molecular weight is 594 g/mol. The summed E-state index contributed by atoms with van der Waals surface area (Å²) >= 11 is 6.16.